The Balaban J connectivity index is 2.05. The number of benzene rings is 1. The lowest BCUT2D eigenvalue weighted by Gasteiger charge is -2.18. The Bertz CT molecular complexity index is 535. The molecule has 0 bridgehead atoms. The molecule has 1 fully saturated rings. The van der Waals surface area contributed by atoms with Crippen molar-refractivity contribution >= 4 is 11.7 Å². The van der Waals surface area contributed by atoms with Crippen molar-refractivity contribution in [1.82, 2.24) is 4.90 Å². The van der Waals surface area contributed by atoms with Crippen molar-refractivity contribution in [3.8, 4) is 0 Å². The van der Waals surface area contributed by atoms with E-state index >= 15 is 0 Å². The van der Waals surface area contributed by atoms with Gasteiger partial charge in [0, 0.05) is 25.2 Å². The normalized spacial score (nSPS) is 22.5. The first-order chi connectivity index (χ1) is 9.88. The van der Waals surface area contributed by atoms with Gasteiger partial charge in [-0.2, -0.15) is 0 Å². The lowest BCUT2D eigenvalue weighted by Crippen LogP contribution is -2.30. The van der Waals surface area contributed by atoms with Gasteiger partial charge in [-0.1, -0.05) is 0 Å². The SMILES string of the molecule is CN1C[C@H](OC(=O)c2ccc([N+](=O)[O-])cc2)[C@@H](C(F)F)C1. The Hall–Kier alpha value is -2.09. The molecule has 6 nitrogen and oxygen atoms in total. The Morgan fingerprint density at radius 1 is 1.38 bits per heavy atom. The van der Waals surface area contributed by atoms with E-state index in [1.165, 1.54) is 24.3 Å². The number of nitro benzene ring substituents is 1. The smallest absolute Gasteiger partial charge is 0.338 e. The van der Waals surface area contributed by atoms with E-state index < -0.39 is 29.3 Å². The standard InChI is InChI=1S/C13H14F2N2O4/c1-16-6-10(12(14)15)11(7-16)21-13(18)8-2-4-9(5-3-8)17(19)20/h2-5,10-12H,6-7H2,1H3/t10-,11-/m0/s1. The first-order valence-electron chi connectivity index (χ1n) is 6.30. The van der Waals surface area contributed by atoms with Gasteiger partial charge in [0.25, 0.3) is 5.69 Å². The second-order valence-corrected chi connectivity index (χ2v) is 4.97. The lowest BCUT2D eigenvalue weighted by atomic mass is 10.1. The summed E-state index contributed by atoms with van der Waals surface area (Å²) >= 11 is 0. The van der Waals surface area contributed by atoms with E-state index in [1.54, 1.807) is 11.9 Å². The fraction of sp³-hybridized carbons (Fsp3) is 0.462. The van der Waals surface area contributed by atoms with Gasteiger partial charge in [0.05, 0.1) is 16.4 Å². The first kappa shape index (κ1) is 15.3. The predicted molar refractivity (Wildman–Crippen MR) is 69.3 cm³/mol. The number of nitro groups is 1. The van der Waals surface area contributed by atoms with Crippen molar-refractivity contribution in [1.29, 1.82) is 0 Å². The summed E-state index contributed by atoms with van der Waals surface area (Å²) in [5.41, 5.74) is -0.0548. The van der Waals surface area contributed by atoms with Crippen LogP contribution in [0.25, 0.3) is 0 Å². The van der Waals surface area contributed by atoms with Crippen LogP contribution in [0.5, 0.6) is 0 Å². The van der Waals surface area contributed by atoms with E-state index in [9.17, 15) is 23.7 Å². The van der Waals surface area contributed by atoms with Crippen molar-refractivity contribution < 1.29 is 23.2 Å². The number of likely N-dealkylation sites (N-methyl/N-ethyl adjacent to an activating group) is 1. The summed E-state index contributed by atoms with van der Waals surface area (Å²) in [6.07, 6.45) is -3.44. The number of carbonyl (C=O) groups is 1. The average molecular weight is 300 g/mol. The number of hydrogen-bond acceptors (Lipinski definition) is 5. The van der Waals surface area contributed by atoms with E-state index in [-0.39, 0.29) is 24.3 Å². The highest BCUT2D eigenvalue weighted by Crippen LogP contribution is 2.26. The number of ether oxygens (including phenoxy) is 1. The summed E-state index contributed by atoms with van der Waals surface area (Å²) < 4.78 is 30.8. The van der Waals surface area contributed by atoms with E-state index in [1.807, 2.05) is 0 Å². The zero-order valence-electron chi connectivity index (χ0n) is 11.2. The minimum Gasteiger partial charge on any atom is -0.457 e. The maximum absolute atomic E-state index is 12.9. The van der Waals surface area contributed by atoms with E-state index in [4.69, 9.17) is 4.74 Å². The zero-order chi connectivity index (χ0) is 15.6. The Morgan fingerprint density at radius 2 is 2.00 bits per heavy atom. The van der Waals surface area contributed by atoms with Crippen LogP contribution in [0.15, 0.2) is 24.3 Å². The molecule has 1 aromatic carbocycles. The molecule has 1 aliphatic heterocycles. The number of hydrogen-bond donors (Lipinski definition) is 0. The van der Waals surface area contributed by atoms with Crippen LogP contribution >= 0.6 is 0 Å². The number of likely N-dealkylation sites (tertiary alicyclic amines) is 1. The van der Waals surface area contributed by atoms with Crippen LogP contribution in [0.3, 0.4) is 0 Å². The number of non-ortho nitro benzene ring substituents is 1. The summed E-state index contributed by atoms with van der Waals surface area (Å²) in [5, 5.41) is 10.5. The molecule has 0 N–H and O–H groups in total. The summed E-state index contributed by atoms with van der Waals surface area (Å²) in [4.78, 5) is 23.5. The number of halogens is 2. The molecule has 114 valence electrons. The molecule has 0 radical (unpaired) electrons. The highest BCUT2D eigenvalue weighted by molar-refractivity contribution is 5.89. The third-order valence-electron chi connectivity index (χ3n) is 3.39. The van der Waals surface area contributed by atoms with Crippen LogP contribution in [-0.2, 0) is 4.74 Å². The Labute approximate surface area is 119 Å². The molecule has 1 aromatic rings. The molecule has 0 aliphatic carbocycles. The monoisotopic (exact) mass is 300 g/mol. The first-order valence-corrected chi connectivity index (χ1v) is 6.30. The summed E-state index contributed by atoms with van der Waals surface area (Å²) in [7, 11) is 1.68. The van der Waals surface area contributed by atoms with Crippen LogP contribution in [0.2, 0.25) is 0 Å². The number of nitrogens with zero attached hydrogens (tertiary/aromatic N) is 2. The second-order valence-electron chi connectivity index (χ2n) is 4.97. The molecule has 0 aromatic heterocycles. The quantitative estimate of drug-likeness (QED) is 0.483. The van der Waals surface area contributed by atoms with Gasteiger partial charge in [-0.05, 0) is 19.2 Å². The molecule has 1 saturated heterocycles. The van der Waals surface area contributed by atoms with E-state index in [2.05, 4.69) is 0 Å². The third kappa shape index (κ3) is 3.52. The molecule has 21 heavy (non-hydrogen) atoms. The summed E-state index contributed by atoms with van der Waals surface area (Å²) in [6, 6.07) is 4.83. The molecule has 1 aliphatic rings. The maximum Gasteiger partial charge on any atom is 0.338 e. The minimum absolute atomic E-state index is 0.100. The topological polar surface area (TPSA) is 72.7 Å². The fourth-order valence-corrected chi connectivity index (χ4v) is 2.29. The van der Waals surface area contributed by atoms with Crippen LogP contribution in [-0.4, -0.2) is 48.5 Å². The molecule has 1 heterocycles. The zero-order valence-corrected chi connectivity index (χ0v) is 11.2. The van der Waals surface area contributed by atoms with Gasteiger partial charge in [-0.25, -0.2) is 13.6 Å². The van der Waals surface area contributed by atoms with Crippen molar-refractivity contribution in [2.45, 2.75) is 12.5 Å². The minimum atomic E-state index is -2.57. The van der Waals surface area contributed by atoms with Crippen molar-refractivity contribution in [3.05, 3.63) is 39.9 Å². The van der Waals surface area contributed by atoms with Gasteiger partial charge in [0.2, 0.25) is 6.43 Å². The van der Waals surface area contributed by atoms with Gasteiger partial charge in [0.15, 0.2) is 0 Å². The molecule has 0 saturated carbocycles. The van der Waals surface area contributed by atoms with E-state index in [0.717, 1.165) is 0 Å². The number of esters is 1. The predicted octanol–water partition coefficient (Wildman–Crippen LogP) is 1.95. The highest BCUT2D eigenvalue weighted by Gasteiger charge is 2.39. The second kappa shape index (κ2) is 6.13. The number of rotatable bonds is 4. The van der Waals surface area contributed by atoms with Gasteiger partial charge in [-0.15, -0.1) is 0 Å². The molecule has 8 heteroatoms. The molecule has 2 atom stereocenters. The molecular weight excluding hydrogens is 286 g/mol. The number of carbonyl (C=O) groups excluding carboxylic acids is 1. The summed E-state index contributed by atoms with van der Waals surface area (Å²) in [5.74, 6) is -1.77. The molecule has 0 unspecified atom stereocenters. The van der Waals surface area contributed by atoms with Crippen molar-refractivity contribution in [3.63, 3.8) is 0 Å². The van der Waals surface area contributed by atoms with E-state index in [0.29, 0.717) is 0 Å². The van der Waals surface area contributed by atoms with Crippen molar-refractivity contribution in [2.75, 3.05) is 20.1 Å². The largest absolute Gasteiger partial charge is 0.457 e. The molecule has 2 rings (SSSR count). The third-order valence-corrected chi connectivity index (χ3v) is 3.39. The van der Waals surface area contributed by atoms with Crippen LogP contribution < -0.4 is 0 Å². The lowest BCUT2D eigenvalue weighted by molar-refractivity contribution is -0.384. The average Bonchev–Trinajstić information content (AvgIpc) is 2.80. The molecule has 0 amide bonds. The number of alkyl halides is 2. The van der Waals surface area contributed by atoms with Gasteiger partial charge in [0.1, 0.15) is 6.10 Å². The molecular formula is C13H14F2N2O4. The van der Waals surface area contributed by atoms with Gasteiger partial charge < -0.3 is 9.64 Å². The molecule has 0 spiro atoms. The van der Waals surface area contributed by atoms with Gasteiger partial charge in [-0.3, -0.25) is 10.1 Å². The van der Waals surface area contributed by atoms with Crippen LogP contribution in [0.1, 0.15) is 10.4 Å². The van der Waals surface area contributed by atoms with Crippen LogP contribution in [0, 0.1) is 16.0 Å². The maximum atomic E-state index is 12.9. The highest BCUT2D eigenvalue weighted by atomic mass is 19.3. The fourth-order valence-electron chi connectivity index (χ4n) is 2.29. The Morgan fingerprint density at radius 3 is 2.52 bits per heavy atom. The summed E-state index contributed by atoms with van der Waals surface area (Å²) in [6.45, 7) is 0.406. The van der Waals surface area contributed by atoms with Crippen LogP contribution in [0.4, 0.5) is 14.5 Å². The van der Waals surface area contributed by atoms with Gasteiger partial charge >= 0.3 is 5.97 Å². The Kier molecular flexibility index (Phi) is 4.46. The van der Waals surface area contributed by atoms with Crippen molar-refractivity contribution in [2.24, 2.45) is 5.92 Å².